The van der Waals surface area contributed by atoms with Gasteiger partial charge in [0.25, 0.3) is 11.6 Å². The lowest BCUT2D eigenvalue weighted by molar-refractivity contribution is -0.384. The zero-order chi connectivity index (χ0) is 14.7. The third-order valence-electron chi connectivity index (χ3n) is 2.26. The zero-order valence-electron chi connectivity index (χ0n) is 10.2. The van der Waals surface area contributed by atoms with Crippen LogP contribution in [0.5, 0.6) is 0 Å². The predicted octanol–water partition coefficient (Wildman–Crippen LogP) is 2.47. The molecule has 9 heteroatoms. The number of nitro groups is 1. The maximum Gasteiger partial charge on any atom is 0.396 e. The van der Waals surface area contributed by atoms with Crippen molar-refractivity contribution in [1.29, 1.82) is 0 Å². The number of ether oxygens (including phenoxy) is 1. The number of esters is 1. The molecule has 0 bridgehead atoms. The molecule has 0 unspecified atom stereocenters. The van der Waals surface area contributed by atoms with Gasteiger partial charge < -0.3 is 9.15 Å². The van der Waals surface area contributed by atoms with E-state index in [1.54, 1.807) is 6.92 Å². The highest BCUT2D eigenvalue weighted by molar-refractivity contribution is 6.30. The predicted molar refractivity (Wildman–Crippen MR) is 67.4 cm³/mol. The number of benzene rings is 1. The summed E-state index contributed by atoms with van der Waals surface area (Å²) in [6.07, 6.45) is 0. The average Bonchev–Trinajstić information content (AvgIpc) is 2.88. The number of carbonyl (C=O) groups is 1. The van der Waals surface area contributed by atoms with Crippen molar-refractivity contribution < 1.29 is 18.9 Å². The minimum atomic E-state index is -0.789. The molecule has 0 aliphatic carbocycles. The van der Waals surface area contributed by atoms with Gasteiger partial charge in [-0.25, -0.2) is 4.79 Å². The molecule has 2 rings (SSSR count). The van der Waals surface area contributed by atoms with E-state index in [2.05, 4.69) is 14.9 Å². The second kappa shape index (κ2) is 5.66. The molecule has 0 fully saturated rings. The van der Waals surface area contributed by atoms with Crippen LogP contribution in [0.15, 0.2) is 22.6 Å². The van der Waals surface area contributed by atoms with Crippen LogP contribution in [0.3, 0.4) is 0 Å². The van der Waals surface area contributed by atoms with Gasteiger partial charge in [0.05, 0.1) is 11.5 Å². The van der Waals surface area contributed by atoms with Gasteiger partial charge in [-0.3, -0.25) is 10.1 Å². The van der Waals surface area contributed by atoms with Crippen molar-refractivity contribution in [3.8, 4) is 11.5 Å². The number of hydrogen-bond donors (Lipinski definition) is 0. The fourth-order valence-electron chi connectivity index (χ4n) is 1.44. The van der Waals surface area contributed by atoms with Crippen LogP contribution in [0.2, 0.25) is 5.02 Å². The Morgan fingerprint density at radius 3 is 2.90 bits per heavy atom. The van der Waals surface area contributed by atoms with Crippen molar-refractivity contribution in [1.82, 2.24) is 10.2 Å². The van der Waals surface area contributed by atoms with E-state index in [1.807, 2.05) is 0 Å². The lowest BCUT2D eigenvalue weighted by atomic mass is 10.2. The molecule has 0 amide bonds. The minimum absolute atomic E-state index is 0.0717. The van der Waals surface area contributed by atoms with Crippen LogP contribution in [-0.4, -0.2) is 27.7 Å². The van der Waals surface area contributed by atoms with Crippen LogP contribution < -0.4 is 0 Å². The maximum atomic E-state index is 11.4. The number of halogens is 1. The van der Waals surface area contributed by atoms with E-state index in [4.69, 9.17) is 16.0 Å². The normalized spacial score (nSPS) is 10.3. The summed E-state index contributed by atoms with van der Waals surface area (Å²) >= 11 is 5.70. The summed E-state index contributed by atoms with van der Waals surface area (Å²) in [4.78, 5) is 21.7. The summed E-state index contributed by atoms with van der Waals surface area (Å²) < 4.78 is 9.75. The van der Waals surface area contributed by atoms with Crippen LogP contribution in [0.25, 0.3) is 11.5 Å². The molecule has 0 N–H and O–H groups in total. The van der Waals surface area contributed by atoms with Crippen molar-refractivity contribution in [3.05, 3.63) is 39.2 Å². The van der Waals surface area contributed by atoms with Crippen LogP contribution in [-0.2, 0) is 4.74 Å². The molecule has 1 heterocycles. The van der Waals surface area contributed by atoms with Crippen molar-refractivity contribution >= 4 is 23.3 Å². The molecule has 1 aromatic carbocycles. The van der Waals surface area contributed by atoms with Crippen LogP contribution in [0.1, 0.15) is 17.6 Å². The molecular weight excluding hydrogens is 290 g/mol. The quantitative estimate of drug-likeness (QED) is 0.484. The van der Waals surface area contributed by atoms with Crippen molar-refractivity contribution in [2.45, 2.75) is 6.92 Å². The molecule has 8 nitrogen and oxygen atoms in total. The largest absolute Gasteiger partial charge is 0.459 e. The fraction of sp³-hybridized carbons (Fsp3) is 0.182. The number of rotatable bonds is 4. The number of aromatic nitrogens is 2. The van der Waals surface area contributed by atoms with Gasteiger partial charge in [0.2, 0.25) is 0 Å². The first-order valence-electron chi connectivity index (χ1n) is 5.48. The van der Waals surface area contributed by atoms with Gasteiger partial charge in [-0.2, -0.15) is 0 Å². The lowest BCUT2D eigenvalue weighted by Gasteiger charge is -1.98. The Morgan fingerprint density at radius 2 is 2.25 bits per heavy atom. The van der Waals surface area contributed by atoms with Crippen molar-refractivity contribution in [3.63, 3.8) is 0 Å². The molecule has 0 aliphatic heterocycles. The monoisotopic (exact) mass is 297 g/mol. The summed E-state index contributed by atoms with van der Waals surface area (Å²) in [6, 6.07) is 3.96. The zero-order valence-corrected chi connectivity index (χ0v) is 11.0. The Kier molecular flexibility index (Phi) is 3.94. The first-order chi connectivity index (χ1) is 9.52. The number of carbonyl (C=O) groups excluding carboxylic acids is 1. The van der Waals surface area contributed by atoms with Gasteiger partial charge in [-0.15, -0.1) is 10.2 Å². The first kappa shape index (κ1) is 13.9. The standard InChI is InChI=1S/C11H8ClN3O5/c1-2-19-11(16)10-14-13-9(20-10)7-4-3-6(12)5-8(7)15(17)18/h3-5H,2H2,1H3. The van der Waals surface area contributed by atoms with E-state index >= 15 is 0 Å². The lowest BCUT2D eigenvalue weighted by Crippen LogP contribution is -2.04. The number of nitro benzene ring substituents is 1. The SMILES string of the molecule is CCOC(=O)c1nnc(-c2ccc(Cl)cc2[N+](=O)[O-])o1. The second-order valence-corrected chi connectivity index (χ2v) is 3.99. The molecule has 20 heavy (non-hydrogen) atoms. The summed E-state index contributed by atoms with van der Waals surface area (Å²) in [5, 5.41) is 18.2. The first-order valence-corrected chi connectivity index (χ1v) is 5.85. The smallest absolute Gasteiger partial charge is 0.396 e. The molecule has 0 radical (unpaired) electrons. The Labute approximate surface area is 117 Å². The summed E-state index contributed by atoms with van der Waals surface area (Å²) in [6.45, 7) is 1.77. The van der Waals surface area contributed by atoms with Gasteiger partial charge in [-0.05, 0) is 19.1 Å². The van der Waals surface area contributed by atoms with Gasteiger partial charge in [0.1, 0.15) is 5.56 Å². The third kappa shape index (κ3) is 2.75. The average molecular weight is 298 g/mol. The van der Waals surface area contributed by atoms with E-state index in [0.29, 0.717) is 0 Å². The highest BCUT2D eigenvalue weighted by Crippen LogP contribution is 2.31. The van der Waals surface area contributed by atoms with Gasteiger partial charge in [0.15, 0.2) is 0 Å². The Hall–Kier alpha value is -2.48. The Morgan fingerprint density at radius 1 is 1.50 bits per heavy atom. The Bertz CT molecular complexity index is 670. The molecule has 0 saturated carbocycles. The van der Waals surface area contributed by atoms with Crippen LogP contribution >= 0.6 is 11.6 Å². The Balaban J connectivity index is 2.42. The van der Waals surface area contributed by atoms with E-state index in [-0.39, 0.29) is 34.7 Å². The highest BCUT2D eigenvalue weighted by Gasteiger charge is 2.23. The maximum absolute atomic E-state index is 11.4. The molecule has 0 aliphatic rings. The molecular formula is C11H8ClN3O5. The summed E-state index contributed by atoms with van der Waals surface area (Å²) in [5.74, 6) is -1.31. The van der Waals surface area contributed by atoms with E-state index in [0.717, 1.165) is 6.07 Å². The van der Waals surface area contributed by atoms with Gasteiger partial charge in [-0.1, -0.05) is 11.6 Å². The molecule has 0 spiro atoms. The van der Waals surface area contributed by atoms with Crippen molar-refractivity contribution in [2.24, 2.45) is 0 Å². The van der Waals surface area contributed by atoms with Crippen molar-refractivity contribution in [2.75, 3.05) is 6.61 Å². The minimum Gasteiger partial charge on any atom is -0.459 e. The summed E-state index contributed by atoms with van der Waals surface area (Å²) in [7, 11) is 0. The molecule has 104 valence electrons. The molecule has 0 saturated heterocycles. The van der Waals surface area contributed by atoms with E-state index < -0.39 is 10.9 Å². The topological polar surface area (TPSA) is 108 Å². The van der Waals surface area contributed by atoms with Gasteiger partial charge in [0, 0.05) is 11.1 Å². The molecule has 2 aromatic rings. The highest BCUT2D eigenvalue weighted by atomic mass is 35.5. The third-order valence-corrected chi connectivity index (χ3v) is 2.50. The van der Waals surface area contributed by atoms with E-state index in [1.165, 1.54) is 12.1 Å². The number of hydrogen-bond acceptors (Lipinski definition) is 7. The summed E-state index contributed by atoms with van der Waals surface area (Å²) in [5.41, 5.74) is -0.223. The van der Waals surface area contributed by atoms with E-state index in [9.17, 15) is 14.9 Å². The number of nitrogens with zero attached hydrogens (tertiary/aromatic N) is 3. The van der Waals surface area contributed by atoms with Gasteiger partial charge >= 0.3 is 11.9 Å². The fourth-order valence-corrected chi connectivity index (χ4v) is 1.61. The van der Waals surface area contributed by atoms with Crippen LogP contribution in [0.4, 0.5) is 5.69 Å². The van der Waals surface area contributed by atoms with Crippen LogP contribution in [0, 0.1) is 10.1 Å². The molecule has 0 atom stereocenters. The molecule has 1 aromatic heterocycles. The second-order valence-electron chi connectivity index (χ2n) is 3.55.